The maximum absolute atomic E-state index is 12.0. The van der Waals surface area contributed by atoms with Gasteiger partial charge in [0.2, 0.25) is 0 Å². The Morgan fingerprint density at radius 2 is 1.90 bits per heavy atom. The summed E-state index contributed by atoms with van der Waals surface area (Å²) >= 11 is 3.30. The second kappa shape index (κ2) is 7.38. The van der Waals surface area contributed by atoms with Crippen molar-refractivity contribution in [2.45, 2.75) is 0 Å². The molecule has 1 aromatic rings. The molecule has 0 saturated carbocycles. The number of carboxylic acids is 1. The van der Waals surface area contributed by atoms with E-state index in [4.69, 9.17) is 9.84 Å². The van der Waals surface area contributed by atoms with Gasteiger partial charge in [0.1, 0.15) is 6.26 Å². The standard InChI is InChI=1S/C15H14O4S2/c1-10-7-20-9-11(21-8-10)6-19-15(18)13-5-3-2-4-12(13)14(16)17/h2-6H,1,7-9H2,(H,16,17). The van der Waals surface area contributed by atoms with Crippen LogP contribution >= 0.6 is 23.5 Å². The maximum atomic E-state index is 12.0. The molecule has 0 aliphatic carbocycles. The van der Waals surface area contributed by atoms with Crippen LogP contribution in [0.4, 0.5) is 0 Å². The highest BCUT2D eigenvalue weighted by molar-refractivity contribution is 8.06. The van der Waals surface area contributed by atoms with E-state index in [0.717, 1.165) is 27.7 Å². The minimum absolute atomic E-state index is 0.0533. The summed E-state index contributed by atoms with van der Waals surface area (Å²) in [7, 11) is 0. The van der Waals surface area contributed by atoms with E-state index in [1.165, 1.54) is 18.4 Å². The highest BCUT2D eigenvalue weighted by Gasteiger charge is 2.17. The number of thioether (sulfide) groups is 2. The molecule has 0 amide bonds. The van der Waals surface area contributed by atoms with Gasteiger partial charge < -0.3 is 9.84 Å². The summed E-state index contributed by atoms with van der Waals surface area (Å²) in [6.45, 7) is 3.94. The predicted octanol–water partition coefficient (Wildman–Crippen LogP) is 3.42. The van der Waals surface area contributed by atoms with E-state index in [1.807, 2.05) is 0 Å². The Morgan fingerprint density at radius 3 is 2.62 bits per heavy atom. The molecule has 1 N–H and O–H groups in total. The third-order valence-electron chi connectivity index (χ3n) is 2.69. The Bertz CT molecular complexity index is 607. The Hall–Kier alpha value is -1.66. The number of carbonyl (C=O) groups excluding carboxylic acids is 1. The fourth-order valence-corrected chi connectivity index (χ4v) is 3.75. The molecule has 0 aromatic heterocycles. The average molecular weight is 322 g/mol. The van der Waals surface area contributed by atoms with E-state index in [-0.39, 0.29) is 11.1 Å². The SMILES string of the molecule is C=C1CSCC(=COC(=O)c2ccccc2C(=O)O)SC1. The van der Waals surface area contributed by atoms with Gasteiger partial charge in [0.05, 0.1) is 11.1 Å². The highest BCUT2D eigenvalue weighted by Crippen LogP contribution is 2.28. The number of carboxylic acid groups (broad SMARTS) is 1. The molecule has 1 aliphatic heterocycles. The van der Waals surface area contributed by atoms with E-state index >= 15 is 0 Å². The van der Waals surface area contributed by atoms with Crippen LogP contribution in [0.25, 0.3) is 0 Å². The minimum Gasteiger partial charge on any atom is -0.478 e. The van der Waals surface area contributed by atoms with Gasteiger partial charge in [-0.1, -0.05) is 24.3 Å². The number of esters is 1. The van der Waals surface area contributed by atoms with E-state index < -0.39 is 11.9 Å². The molecule has 21 heavy (non-hydrogen) atoms. The first kappa shape index (κ1) is 15.7. The van der Waals surface area contributed by atoms with Crippen LogP contribution in [0.15, 0.2) is 47.6 Å². The first-order valence-electron chi connectivity index (χ1n) is 6.17. The molecule has 0 radical (unpaired) electrons. The molecule has 4 nitrogen and oxygen atoms in total. The highest BCUT2D eigenvalue weighted by atomic mass is 32.2. The van der Waals surface area contributed by atoms with Crippen LogP contribution in [-0.2, 0) is 4.74 Å². The number of benzene rings is 1. The van der Waals surface area contributed by atoms with Crippen LogP contribution < -0.4 is 0 Å². The van der Waals surface area contributed by atoms with Crippen molar-refractivity contribution < 1.29 is 19.4 Å². The normalized spacial score (nSPS) is 17.3. The van der Waals surface area contributed by atoms with Gasteiger partial charge in [0, 0.05) is 22.2 Å². The Kier molecular flexibility index (Phi) is 5.52. The molecule has 1 saturated heterocycles. The van der Waals surface area contributed by atoms with Gasteiger partial charge in [-0.3, -0.25) is 0 Å². The Labute approximate surface area is 131 Å². The summed E-state index contributed by atoms with van der Waals surface area (Å²) in [5, 5.41) is 9.06. The molecule has 6 heteroatoms. The summed E-state index contributed by atoms with van der Waals surface area (Å²) < 4.78 is 5.12. The molecular formula is C15H14O4S2. The molecule has 0 spiro atoms. The van der Waals surface area contributed by atoms with Crippen molar-refractivity contribution in [1.29, 1.82) is 0 Å². The predicted molar refractivity (Wildman–Crippen MR) is 85.8 cm³/mol. The molecule has 0 bridgehead atoms. The van der Waals surface area contributed by atoms with Crippen molar-refractivity contribution in [2.24, 2.45) is 0 Å². The van der Waals surface area contributed by atoms with Crippen molar-refractivity contribution in [3.63, 3.8) is 0 Å². The first-order chi connectivity index (χ1) is 10.1. The Balaban J connectivity index is 2.08. The fourth-order valence-electron chi connectivity index (χ4n) is 1.67. The van der Waals surface area contributed by atoms with Gasteiger partial charge in [-0.15, -0.1) is 11.8 Å². The third-order valence-corrected chi connectivity index (χ3v) is 5.16. The number of hydrogen-bond donors (Lipinski definition) is 1. The molecule has 1 heterocycles. The molecular weight excluding hydrogens is 308 g/mol. The third kappa shape index (κ3) is 4.41. The van der Waals surface area contributed by atoms with Crippen molar-refractivity contribution in [3.05, 3.63) is 58.7 Å². The van der Waals surface area contributed by atoms with E-state index in [9.17, 15) is 9.59 Å². The van der Waals surface area contributed by atoms with Gasteiger partial charge in [0.25, 0.3) is 0 Å². The lowest BCUT2D eigenvalue weighted by Gasteiger charge is -2.05. The second-order valence-electron chi connectivity index (χ2n) is 4.37. The first-order valence-corrected chi connectivity index (χ1v) is 8.31. The monoisotopic (exact) mass is 322 g/mol. The summed E-state index contributed by atoms with van der Waals surface area (Å²) in [5.74, 6) is 0.667. The topological polar surface area (TPSA) is 63.6 Å². The summed E-state index contributed by atoms with van der Waals surface area (Å²) in [6.07, 6.45) is 1.41. The van der Waals surface area contributed by atoms with Crippen LogP contribution in [0.2, 0.25) is 0 Å². The van der Waals surface area contributed by atoms with Crippen LogP contribution in [0.1, 0.15) is 20.7 Å². The minimum atomic E-state index is -1.15. The zero-order chi connectivity index (χ0) is 15.2. The van der Waals surface area contributed by atoms with Crippen molar-refractivity contribution in [2.75, 3.05) is 17.3 Å². The molecule has 0 atom stereocenters. The van der Waals surface area contributed by atoms with E-state index in [0.29, 0.717) is 0 Å². The van der Waals surface area contributed by atoms with Crippen molar-refractivity contribution in [3.8, 4) is 0 Å². The lowest BCUT2D eigenvalue weighted by atomic mass is 10.1. The van der Waals surface area contributed by atoms with Crippen LogP contribution in [0, 0.1) is 0 Å². The second-order valence-corrected chi connectivity index (χ2v) is 6.46. The smallest absolute Gasteiger partial charge is 0.343 e. The molecule has 110 valence electrons. The molecule has 0 unspecified atom stereocenters. The Morgan fingerprint density at radius 1 is 1.19 bits per heavy atom. The van der Waals surface area contributed by atoms with Crippen LogP contribution in [-0.4, -0.2) is 34.3 Å². The van der Waals surface area contributed by atoms with Crippen LogP contribution in [0.5, 0.6) is 0 Å². The van der Waals surface area contributed by atoms with Crippen molar-refractivity contribution in [1.82, 2.24) is 0 Å². The number of rotatable bonds is 3. The largest absolute Gasteiger partial charge is 0.478 e. The molecule has 1 aliphatic rings. The van der Waals surface area contributed by atoms with Gasteiger partial charge in [0.15, 0.2) is 0 Å². The van der Waals surface area contributed by atoms with Gasteiger partial charge in [-0.05, 0) is 12.1 Å². The van der Waals surface area contributed by atoms with Gasteiger partial charge >= 0.3 is 11.9 Å². The van der Waals surface area contributed by atoms with E-state index in [1.54, 1.807) is 35.7 Å². The number of hydrogen-bond acceptors (Lipinski definition) is 5. The summed E-state index contributed by atoms with van der Waals surface area (Å²) in [6, 6.07) is 6.01. The number of carbonyl (C=O) groups is 2. The zero-order valence-electron chi connectivity index (χ0n) is 11.2. The molecule has 1 fully saturated rings. The average Bonchev–Trinajstić information content (AvgIpc) is 2.69. The van der Waals surface area contributed by atoms with Crippen molar-refractivity contribution >= 4 is 35.5 Å². The number of aromatic carboxylic acids is 1. The number of ether oxygens (including phenoxy) is 1. The van der Waals surface area contributed by atoms with Crippen LogP contribution in [0.3, 0.4) is 0 Å². The summed E-state index contributed by atoms with van der Waals surface area (Å²) in [5.41, 5.74) is 1.14. The quantitative estimate of drug-likeness (QED) is 0.523. The zero-order valence-corrected chi connectivity index (χ0v) is 12.8. The maximum Gasteiger partial charge on any atom is 0.343 e. The lowest BCUT2D eigenvalue weighted by Crippen LogP contribution is -2.09. The summed E-state index contributed by atoms with van der Waals surface area (Å²) in [4.78, 5) is 24.0. The fraction of sp³-hybridized carbons (Fsp3) is 0.200. The lowest BCUT2D eigenvalue weighted by molar-refractivity contribution is 0.0631. The van der Waals surface area contributed by atoms with Gasteiger partial charge in [-0.25, -0.2) is 9.59 Å². The molecule has 1 aromatic carbocycles. The van der Waals surface area contributed by atoms with Gasteiger partial charge in [-0.2, -0.15) is 11.8 Å². The molecule has 2 rings (SSSR count). The van der Waals surface area contributed by atoms with E-state index in [2.05, 4.69) is 6.58 Å².